The Balaban J connectivity index is 1.79. The van der Waals surface area contributed by atoms with Crippen molar-refractivity contribution < 1.29 is 9.18 Å². The largest absolute Gasteiger partial charge is 0.351 e. The molecule has 1 aromatic carbocycles. The predicted molar refractivity (Wildman–Crippen MR) is 72.2 cm³/mol. The predicted octanol–water partition coefficient (Wildman–Crippen LogP) is 0.736. The molecule has 0 aliphatic carbocycles. The summed E-state index contributed by atoms with van der Waals surface area (Å²) >= 11 is 0. The molecule has 1 aliphatic rings. The molecular formula is C14H20FN3O. The number of carbonyl (C=O) groups is 1. The van der Waals surface area contributed by atoms with Crippen LogP contribution in [-0.4, -0.2) is 43.0 Å². The lowest BCUT2D eigenvalue weighted by Crippen LogP contribution is -2.58. The molecule has 0 spiro atoms. The van der Waals surface area contributed by atoms with Crippen LogP contribution in [0.2, 0.25) is 0 Å². The third-order valence-corrected chi connectivity index (χ3v) is 3.46. The maximum atomic E-state index is 13.4. The smallest absolute Gasteiger partial charge is 0.234 e. The SMILES string of the molecule is CCN(CC(=O)NCc1ccccc1F)C1CNC1. The summed E-state index contributed by atoms with van der Waals surface area (Å²) in [6.07, 6.45) is 0. The first-order chi connectivity index (χ1) is 9.20. The second kappa shape index (κ2) is 6.63. The van der Waals surface area contributed by atoms with Crippen LogP contribution in [0.4, 0.5) is 4.39 Å². The van der Waals surface area contributed by atoms with Gasteiger partial charge in [0, 0.05) is 31.2 Å². The molecule has 0 radical (unpaired) electrons. The standard InChI is InChI=1S/C14H20FN3O/c1-2-18(12-8-16-9-12)10-14(19)17-7-11-5-3-4-6-13(11)15/h3-6,12,16H,2,7-10H2,1H3,(H,17,19). The maximum Gasteiger partial charge on any atom is 0.234 e. The fourth-order valence-corrected chi connectivity index (χ4v) is 2.11. The van der Waals surface area contributed by atoms with Gasteiger partial charge in [-0.1, -0.05) is 25.1 Å². The van der Waals surface area contributed by atoms with E-state index < -0.39 is 0 Å². The van der Waals surface area contributed by atoms with Gasteiger partial charge >= 0.3 is 0 Å². The van der Waals surface area contributed by atoms with Crippen molar-refractivity contribution in [3.63, 3.8) is 0 Å². The van der Waals surface area contributed by atoms with Crippen LogP contribution in [0.15, 0.2) is 24.3 Å². The van der Waals surface area contributed by atoms with Crippen LogP contribution in [-0.2, 0) is 11.3 Å². The van der Waals surface area contributed by atoms with Gasteiger partial charge in [0.15, 0.2) is 0 Å². The van der Waals surface area contributed by atoms with Crippen LogP contribution >= 0.6 is 0 Å². The number of hydrogen-bond donors (Lipinski definition) is 2. The lowest BCUT2D eigenvalue weighted by molar-refractivity contribution is -0.123. The highest BCUT2D eigenvalue weighted by atomic mass is 19.1. The molecule has 0 atom stereocenters. The highest BCUT2D eigenvalue weighted by molar-refractivity contribution is 5.78. The van der Waals surface area contributed by atoms with Crippen molar-refractivity contribution in [2.24, 2.45) is 0 Å². The number of nitrogens with zero attached hydrogens (tertiary/aromatic N) is 1. The van der Waals surface area contributed by atoms with Gasteiger partial charge in [0.05, 0.1) is 6.54 Å². The Morgan fingerprint density at radius 2 is 2.21 bits per heavy atom. The molecule has 2 N–H and O–H groups in total. The lowest BCUT2D eigenvalue weighted by atomic mass is 10.1. The highest BCUT2D eigenvalue weighted by Gasteiger charge is 2.24. The van der Waals surface area contributed by atoms with E-state index in [0.29, 0.717) is 18.2 Å². The number of halogens is 1. The molecule has 0 saturated carbocycles. The topological polar surface area (TPSA) is 44.4 Å². The van der Waals surface area contributed by atoms with Gasteiger partial charge in [-0.3, -0.25) is 9.69 Å². The third-order valence-electron chi connectivity index (χ3n) is 3.46. The Kier molecular flexibility index (Phi) is 4.87. The number of rotatable bonds is 6. The zero-order valence-corrected chi connectivity index (χ0v) is 11.2. The molecule has 2 rings (SSSR count). The molecule has 0 unspecified atom stereocenters. The molecule has 1 heterocycles. The van der Waals surface area contributed by atoms with Gasteiger partial charge in [0.2, 0.25) is 5.91 Å². The molecule has 104 valence electrons. The first-order valence-electron chi connectivity index (χ1n) is 6.65. The van der Waals surface area contributed by atoms with E-state index in [1.807, 2.05) is 6.92 Å². The van der Waals surface area contributed by atoms with E-state index in [9.17, 15) is 9.18 Å². The lowest BCUT2D eigenvalue weighted by Gasteiger charge is -2.37. The minimum atomic E-state index is -0.279. The van der Waals surface area contributed by atoms with Crippen molar-refractivity contribution in [2.75, 3.05) is 26.2 Å². The van der Waals surface area contributed by atoms with Gasteiger partial charge in [-0.25, -0.2) is 4.39 Å². The third kappa shape index (κ3) is 3.75. The van der Waals surface area contributed by atoms with Crippen LogP contribution in [0, 0.1) is 5.82 Å². The van der Waals surface area contributed by atoms with Crippen molar-refractivity contribution in [1.29, 1.82) is 0 Å². The van der Waals surface area contributed by atoms with Crippen LogP contribution < -0.4 is 10.6 Å². The minimum absolute atomic E-state index is 0.0583. The van der Waals surface area contributed by atoms with Crippen LogP contribution in [0.3, 0.4) is 0 Å². The molecule has 1 amide bonds. The summed E-state index contributed by atoms with van der Waals surface area (Å²) < 4.78 is 13.4. The van der Waals surface area contributed by atoms with Gasteiger partial charge in [-0.2, -0.15) is 0 Å². The monoisotopic (exact) mass is 265 g/mol. The summed E-state index contributed by atoms with van der Waals surface area (Å²) in [7, 11) is 0. The summed E-state index contributed by atoms with van der Waals surface area (Å²) in [4.78, 5) is 14.0. The maximum absolute atomic E-state index is 13.4. The molecule has 1 fully saturated rings. The summed E-state index contributed by atoms with van der Waals surface area (Å²) in [6.45, 7) is 5.38. The van der Waals surface area contributed by atoms with Crippen molar-refractivity contribution in [2.45, 2.75) is 19.5 Å². The average molecular weight is 265 g/mol. The summed E-state index contributed by atoms with van der Waals surface area (Å²) in [5, 5.41) is 5.96. The Bertz CT molecular complexity index is 434. The second-order valence-corrected chi connectivity index (χ2v) is 4.74. The quantitative estimate of drug-likeness (QED) is 0.797. The van der Waals surface area contributed by atoms with E-state index in [1.54, 1.807) is 18.2 Å². The van der Waals surface area contributed by atoms with Gasteiger partial charge in [-0.15, -0.1) is 0 Å². The Morgan fingerprint density at radius 3 is 2.79 bits per heavy atom. The fraction of sp³-hybridized carbons (Fsp3) is 0.500. The van der Waals surface area contributed by atoms with Crippen molar-refractivity contribution in [3.8, 4) is 0 Å². The van der Waals surface area contributed by atoms with Gasteiger partial charge < -0.3 is 10.6 Å². The van der Waals surface area contributed by atoms with Crippen molar-refractivity contribution in [3.05, 3.63) is 35.6 Å². The van der Waals surface area contributed by atoms with E-state index in [2.05, 4.69) is 15.5 Å². The second-order valence-electron chi connectivity index (χ2n) is 4.74. The summed E-state index contributed by atoms with van der Waals surface area (Å²) in [5.74, 6) is -0.338. The molecule has 1 saturated heterocycles. The van der Waals surface area contributed by atoms with Crippen molar-refractivity contribution >= 4 is 5.91 Å². The molecule has 0 bridgehead atoms. The Morgan fingerprint density at radius 1 is 1.47 bits per heavy atom. The number of carbonyl (C=O) groups excluding carboxylic acids is 1. The number of nitrogens with one attached hydrogen (secondary N) is 2. The first-order valence-corrected chi connectivity index (χ1v) is 6.65. The molecular weight excluding hydrogens is 245 g/mol. The van der Waals surface area contributed by atoms with E-state index in [1.165, 1.54) is 6.07 Å². The fourth-order valence-electron chi connectivity index (χ4n) is 2.11. The van der Waals surface area contributed by atoms with Gasteiger partial charge in [0.1, 0.15) is 5.82 Å². The number of amides is 1. The molecule has 19 heavy (non-hydrogen) atoms. The van der Waals surface area contributed by atoms with Crippen LogP contribution in [0.5, 0.6) is 0 Å². The summed E-state index contributed by atoms with van der Waals surface area (Å²) in [6, 6.07) is 6.94. The number of benzene rings is 1. The Labute approximate surface area is 113 Å². The molecule has 0 aromatic heterocycles. The number of hydrogen-bond acceptors (Lipinski definition) is 3. The normalized spacial score (nSPS) is 15.3. The highest BCUT2D eigenvalue weighted by Crippen LogP contribution is 2.06. The van der Waals surface area contributed by atoms with Crippen LogP contribution in [0.25, 0.3) is 0 Å². The zero-order chi connectivity index (χ0) is 13.7. The molecule has 1 aliphatic heterocycles. The van der Waals surface area contributed by atoms with E-state index in [0.717, 1.165) is 19.6 Å². The van der Waals surface area contributed by atoms with Crippen LogP contribution in [0.1, 0.15) is 12.5 Å². The first kappa shape index (κ1) is 14.0. The van der Waals surface area contributed by atoms with Gasteiger partial charge in [-0.05, 0) is 12.6 Å². The van der Waals surface area contributed by atoms with Crippen molar-refractivity contribution in [1.82, 2.24) is 15.5 Å². The van der Waals surface area contributed by atoms with Gasteiger partial charge in [0.25, 0.3) is 0 Å². The average Bonchev–Trinajstić information content (AvgIpc) is 2.35. The van der Waals surface area contributed by atoms with E-state index in [-0.39, 0.29) is 18.3 Å². The Hall–Kier alpha value is -1.46. The summed E-state index contributed by atoms with van der Waals surface area (Å²) in [5.41, 5.74) is 0.518. The molecule has 4 nitrogen and oxygen atoms in total. The molecule has 1 aromatic rings. The molecule has 5 heteroatoms. The zero-order valence-electron chi connectivity index (χ0n) is 11.2. The minimum Gasteiger partial charge on any atom is -0.351 e. The van der Waals surface area contributed by atoms with E-state index >= 15 is 0 Å². The number of likely N-dealkylation sites (N-methyl/N-ethyl adjacent to an activating group) is 1. The van der Waals surface area contributed by atoms with E-state index in [4.69, 9.17) is 0 Å².